The van der Waals surface area contributed by atoms with Gasteiger partial charge in [-0.3, -0.25) is 4.79 Å². The molecule has 0 unspecified atom stereocenters. The van der Waals surface area contributed by atoms with Gasteiger partial charge in [-0.2, -0.15) is 4.98 Å². The molecular formula is C15H12N2O. The second kappa shape index (κ2) is 4.11. The monoisotopic (exact) mass is 236 g/mol. The third kappa shape index (κ3) is 1.70. The quantitative estimate of drug-likeness (QED) is 0.651. The van der Waals surface area contributed by atoms with E-state index in [-0.39, 0.29) is 5.56 Å². The summed E-state index contributed by atoms with van der Waals surface area (Å²) in [5, 5.41) is 0.640. The van der Waals surface area contributed by atoms with Crippen molar-refractivity contribution in [1.82, 2.24) is 9.55 Å². The topological polar surface area (TPSA) is 34.9 Å². The molecule has 0 spiro atoms. The number of aromatic nitrogens is 2. The largest absolute Gasteiger partial charge is 0.300 e. The molecule has 0 saturated heterocycles. The zero-order valence-corrected chi connectivity index (χ0v) is 10.00. The Labute approximate surface area is 104 Å². The molecule has 3 aromatic rings. The average molecular weight is 236 g/mol. The zero-order chi connectivity index (χ0) is 12.5. The molecule has 0 saturated carbocycles. The van der Waals surface area contributed by atoms with E-state index in [1.807, 2.05) is 47.9 Å². The van der Waals surface area contributed by atoms with Crippen LogP contribution < -0.4 is 5.56 Å². The molecule has 0 fully saturated rings. The molecule has 3 heteroatoms. The number of rotatable bonds is 1. The van der Waals surface area contributed by atoms with Crippen LogP contribution in [0.3, 0.4) is 0 Å². The van der Waals surface area contributed by atoms with Gasteiger partial charge in [0.25, 0.3) is 5.56 Å². The van der Waals surface area contributed by atoms with Gasteiger partial charge in [-0.25, -0.2) is 0 Å². The van der Waals surface area contributed by atoms with E-state index in [1.165, 1.54) is 5.56 Å². The Morgan fingerprint density at radius 2 is 1.89 bits per heavy atom. The molecule has 0 aliphatic carbocycles. The molecule has 1 heterocycles. The first-order valence-electron chi connectivity index (χ1n) is 5.79. The summed E-state index contributed by atoms with van der Waals surface area (Å²) in [5.74, 6) is 0. The maximum absolute atomic E-state index is 11.7. The molecule has 1 aromatic heterocycles. The SMILES string of the molecule is Cc1cccc(-n2cnc(=O)c3ccccc32)c1. The molecule has 3 nitrogen and oxygen atoms in total. The zero-order valence-electron chi connectivity index (χ0n) is 10.00. The molecule has 0 radical (unpaired) electrons. The molecule has 0 amide bonds. The third-order valence-electron chi connectivity index (χ3n) is 2.96. The highest BCUT2D eigenvalue weighted by atomic mass is 16.1. The van der Waals surface area contributed by atoms with Crippen LogP contribution in [0.15, 0.2) is 59.7 Å². The van der Waals surface area contributed by atoms with Crippen LogP contribution in [0, 0.1) is 6.92 Å². The van der Waals surface area contributed by atoms with Gasteiger partial charge in [0.05, 0.1) is 10.9 Å². The van der Waals surface area contributed by atoms with E-state index >= 15 is 0 Å². The van der Waals surface area contributed by atoms with E-state index in [0.717, 1.165) is 11.2 Å². The first-order chi connectivity index (χ1) is 8.75. The first-order valence-corrected chi connectivity index (χ1v) is 5.79. The van der Waals surface area contributed by atoms with Crippen LogP contribution in [-0.2, 0) is 0 Å². The molecule has 2 aromatic carbocycles. The summed E-state index contributed by atoms with van der Waals surface area (Å²) in [7, 11) is 0. The lowest BCUT2D eigenvalue weighted by Crippen LogP contribution is -2.11. The summed E-state index contributed by atoms with van der Waals surface area (Å²) in [4.78, 5) is 15.6. The van der Waals surface area contributed by atoms with Crippen LogP contribution >= 0.6 is 0 Å². The molecule has 0 aliphatic rings. The van der Waals surface area contributed by atoms with Gasteiger partial charge in [0.1, 0.15) is 6.33 Å². The summed E-state index contributed by atoms with van der Waals surface area (Å²) in [5.41, 5.74) is 2.88. The van der Waals surface area contributed by atoms with E-state index < -0.39 is 0 Å². The van der Waals surface area contributed by atoms with Gasteiger partial charge >= 0.3 is 0 Å². The number of hydrogen-bond acceptors (Lipinski definition) is 2. The minimum atomic E-state index is -0.186. The second-order valence-corrected chi connectivity index (χ2v) is 4.28. The maximum atomic E-state index is 11.7. The van der Waals surface area contributed by atoms with Gasteiger partial charge in [0.15, 0.2) is 0 Å². The highest BCUT2D eigenvalue weighted by Gasteiger charge is 2.04. The van der Waals surface area contributed by atoms with Crippen molar-refractivity contribution in [2.24, 2.45) is 0 Å². The lowest BCUT2D eigenvalue weighted by atomic mass is 10.2. The Morgan fingerprint density at radius 1 is 1.06 bits per heavy atom. The summed E-state index contributed by atoms with van der Waals surface area (Å²) in [6.07, 6.45) is 1.58. The van der Waals surface area contributed by atoms with Crippen LogP contribution in [0.4, 0.5) is 0 Å². The van der Waals surface area contributed by atoms with Crippen molar-refractivity contribution in [2.75, 3.05) is 0 Å². The number of para-hydroxylation sites is 1. The van der Waals surface area contributed by atoms with Crippen molar-refractivity contribution < 1.29 is 0 Å². The Hall–Kier alpha value is -2.42. The van der Waals surface area contributed by atoms with Crippen molar-refractivity contribution >= 4 is 10.9 Å². The van der Waals surface area contributed by atoms with Crippen molar-refractivity contribution in [3.63, 3.8) is 0 Å². The summed E-state index contributed by atoms with van der Waals surface area (Å²) >= 11 is 0. The summed E-state index contributed by atoms with van der Waals surface area (Å²) in [6, 6.07) is 15.6. The number of fused-ring (bicyclic) bond motifs is 1. The fourth-order valence-corrected chi connectivity index (χ4v) is 2.09. The predicted octanol–water partition coefficient (Wildman–Crippen LogP) is 2.69. The first kappa shape index (κ1) is 10.7. The van der Waals surface area contributed by atoms with Crippen molar-refractivity contribution in [3.05, 3.63) is 70.8 Å². The van der Waals surface area contributed by atoms with Crippen LogP contribution in [0.5, 0.6) is 0 Å². The smallest absolute Gasteiger partial charge is 0.280 e. The maximum Gasteiger partial charge on any atom is 0.280 e. The average Bonchev–Trinajstić information content (AvgIpc) is 2.39. The van der Waals surface area contributed by atoms with Gasteiger partial charge in [-0.05, 0) is 36.8 Å². The third-order valence-corrected chi connectivity index (χ3v) is 2.96. The Balaban J connectivity index is 2.37. The van der Waals surface area contributed by atoms with E-state index in [2.05, 4.69) is 11.1 Å². The van der Waals surface area contributed by atoms with E-state index in [0.29, 0.717) is 5.39 Å². The standard InChI is InChI=1S/C15H12N2O/c1-11-5-4-6-12(9-11)17-10-16-15(18)13-7-2-3-8-14(13)17/h2-10H,1H3. The number of aryl methyl sites for hydroxylation is 1. The van der Waals surface area contributed by atoms with Gasteiger partial charge in [-0.1, -0.05) is 24.3 Å². The lowest BCUT2D eigenvalue weighted by molar-refractivity contribution is 1.01. The molecule has 88 valence electrons. The van der Waals surface area contributed by atoms with Crippen molar-refractivity contribution in [1.29, 1.82) is 0 Å². The van der Waals surface area contributed by atoms with Gasteiger partial charge in [-0.15, -0.1) is 0 Å². The van der Waals surface area contributed by atoms with E-state index in [4.69, 9.17) is 0 Å². The highest BCUT2D eigenvalue weighted by Crippen LogP contribution is 2.15. The van der Waals surface area contributed by atoms with Crippen LogP contribution in [0.25, 0.3) is 16.6 Å². The predicted molar refractivity (Wildman–Crippen MR) is 72.1 cm³/mol. The summed E-state index contributed by atoms with van der Waals surface area (Å²) < 4.78 is 1.93. The van der Waals surface area contributed by atoms with Crippen LogP contribution in [-0.4, -0.2) is 9.55 Å². The number of hydrogen-bond donors (Lipinski definition) is 0. The van der Waals surface area contributed by atoms with E-state index in [1.54, 1.807) is 12.4 Å². The Bertz CT molecular complexity index is 775. The van der Waals surface area contributed by atoms with E-state index in [9.17, 15) is 4.79 Å². The second-order valence-electron chi connectivity index (χ2n) is 4.28. The lowest BCUT2D eigenvalue weighted by Gasteiger charge is -2.10. The van der Waals surface area contributed by atoms with Crippen LogP contribution in [0.2, 0.25) is 0 Å². The number of nitrogens with zero attached hydrogens (tertiary/aromatic N) is 2. The fourth-order valence-electron chi connectivity index (χ4n) is 2.09. The highest BCUT2D eigenvalue weighted by molar-refractivity contribution is 5.79. The van der Waals surface area contributed by atoms with Gasteiger partial charge in [0.2, 0.25) is 0 Å². The van der Waals surface area contributed by atoms with Crippen molar-refractivity contribution in [3.8, 4) is 5.69 Å². The number of benzene rings is 2. The Kier molecular flexibility index (Phi) is 2.45. The minimum Gasteiger partial charge on any atom is -0.300 e. The molecule has 18 heavy (non-hydrogen) atoms. The minimum absolute atomic E-state index is 0.186. The summed E-state index contributed by atoms with van der Waals surface area (Å²) in [6.45, 7) is 2.04. The van der Waals surface area contributed by atoms with Crippen molar-refractivity contribution in [2.45, 2.75) is 6.92 Å². The molecule has 0 N–H and O–H groups in total. The Morgan fingerprint density at radius 3 is 2.72 bits per heavy atom. The van der Waals surface area contributed by atoms with Gasteiger partial charge < -0.3 is 4.57 Å². The molecule has 0 atom stereocenters. The molecule has 3 rings (SSSR count). The fraction of sp³-hybridized carbons (Fsp3) is 0.0667. The van der Waals surface area contributed by atoms with Gasteiger partial charge in [0, 0.05) is 5.69 Å². The molecule has 0 aliphatic heterocycles. The molecule has 0 bridgehead atoms. The van der Waals surface area contributed by atoms with Crippen LogP contribution in [0.1, 0.15) is 5.56 Å². The normalized spacial score (nSPS) is 10.7. The molecular weight excluding hydrogens is 224 g/mol.